The molecule has 3 heteroatoms. The van der Waals surface area contributed by atoms with Crippen molar-refractivity contribution in [3.05, 3.63) is 34.0 Å². The fourth-order valence-corrected chi connectivity index (χ4v) is 1.97. The third kappa shape index (κ3) is 1.31. The molecule has 14 heavy (non-hydrogen) atoms. The minimum Gasteiger partial charge on any atom is -0.458 e. The Bertz CT molecular complexity index is 487. The average molecular weight is 210 g/mol. The van der Waals surface area contributed by atoms with Gasteiger partial charge in [-0.2, -0.15) is 0 Å². The van der Waals surface area contributed by atoms with E-state index in [-0.39, 0.29) is 0 Å². The van der Waals surface area contributed by atoms with Crippen molar-refractivity contribution in [3.63, 3.8) is 0 Å². The maximum atomic E-state index is 6.07. The molecule has 0 aliphatic heterocycles. The smallest absolute Gasteiger partial charge is 0.153 e. The first-order chi connectivity index (χ1) is 6.63. The van der Waals surface area contributed by atoms with Crippen LogP contribution >= 0.6 is 11.6 Å². The van der Waals surface area contributed by atoms with Gasteiger partial charge in [0.2, 0.25) is 0 Å². The molecule has 1 aromatic carbocycles. The minimum atomic E-state index is 0.413. The zero-order chi connectivity index (χ0) is 10.3. The van der Waals surface area contributed by atoms with Crippen LogP contribution in [0.2, 0.25) is 5.02 Å². The van der Waals surface area contributed by atoms with Crippen LogP contribution in [0, 0.1) is 13.8 Å². The van der Waals surface area contributed by atoms with Gasteiger partial charge in [-0.1, -0.05) is 11.6 Å². The van der Waals surface area contributed by atoms with Crippen LogP contribution in [0.3, 0.4) is 0 Å². The van der Waals surface area contributed by atoms with Gasteiger partial charge in [-0.15, -0.1) is 0 Å². The molecular formula is C11H12ClNO. The van der Waals surface area contributed by atoms with Crippen molar-refractivity contribution in [3.8, 4) is 0 Å². The van der Waals surface area contributed by atoms with Gasteiger partial charge in [0, 0.05) is 5.39 Å². The Labute approximate surface area is 87.6 Å². The molecule has 0 aliphatic rings. The van der Waals surface area contributed by atoms with Crippen molar-refractivity contribution in [2.45, 2.75) is 20.4 Å². The van der Waals surface area contributed by atoms with Crippen molar-refractivity contribution >= 4 is 22.6 Å². The summed E-state index contributed by atoms with van der Waals surface area (Å²) in [5.74, 6) is 0.813. The zero-order valence-corrected chi connectivity index (χ0v) is 8.98. The van der Waals surface area contributed by atoms with Gasteiger partial charge >= 0.3 is 0 Å². The first-order valence-corrected chi connectivity index (χ1v) is 4.89. The van der Waals surface area contributed by atoms with E-state index in [0.717, 1.165) is 27.9 Å². The van der Waals surface area contributed by atoms with E-state index in [4.69, 9.17) is 21.8 Å². The molecule has 1 aromatic heterocycles. The Balaban J connectivity index is 2.85. The second-order valence-corrected chi connectivity index (χ2v) is 3.88. The average Bonchev–Trinajstić information content (AvgIpc) is 2.44. The summed E-state index contributed by atoms with van der Waals surface area (Å²) < 4.78 is 5.58. The van der Waals surface area contributed by atoms with Crippen LogP contribution in [0.25, 0.3) is 11.0 Å². The number of hydrogen-bond donors (Lipinski definition) is 1. The number of hydrogen-bond acceptors (Lipinski definition) is 2. The van der Waals surface area contributed by atoms with Gasteiger partial charge in [-0.05, 0) is 37.1 Å². The molecular weight excluding hydrogens is 198 g/mol. The third-order valence-corrected chi connectivity index (χ3v) is 2.70. The Morgan fingerprint density at radius 2 is 2.07 bits per heavy atom. The summed E-state index contributed by atoms with van der Waals surface area (Å²) in [5, 5.41) is 1.72. The predicted molar refractivity (Wildman–Crippen MR) is 58.6 cm³/mol. The highest BCUT2D eigenvalue weighted by molar-refractivity contribution is 6.35. The van der Waals surface area contributed by atoms with Gasteiger partial charge in [0.25, 0.3) is 0 Å². The number of rotatable bonds is 1. The van der Waals surface area contributed by atoms with Crippen LogP contribution in [0.1, 0.15) is 16.9 Å². The molecule has 2 rings (SSSR count). The summed E-state index contributed by atoms with van der Waals surface area (Å²) in [4.78, 5) is 0. The number of aryl methyl sites for hydroxylation is 2. The van der Waals surface area contributed by atoms with E-state index in [1.54, 1.807) is 0 Å². The second-order valence-electron chi connectivity index (χ2n) is 3.48. The van der Waals surface area contributed by atoms with Crippen LogP contribution < -0.4 is 5.73 Å². The van der Waals surface area contributed by atoms with Crippen LogP contribution in [-0.4, -0.2) is 0 Å². The fraction of sp³-hybridized carbons (Fsp3) is 0.273. The molecule has 0 fully saturated rings. The lowest BCUT2D eigenvalue weighted by Gasteiger charge is -1.95. The minimum absolute atomic E-state index is 0.413. The second kappa shape index (κ2) is 3.30. The SMILES string of the molecule is Cc1cc(Cl)c2oc(CN)c(C)c2c1. The van der Waals surface area contributed by atoms with Gasteiger partial charge < -0.3 is 10.2 Å². The van der Waals surface area contributed by atoms with E-state index in [9.17, 15) is 0 Å². The van der Waals surface area contributed by atoms with Crippen LogP contribution in [0.15, 0.2) is 16.5 Å². The summed E-state index contributed by atoms with van der Waals surface area (Å²) >= 11 is 6.07. The van der Waals surface area contributed by atoms with Crippen molar-refractivity contribution in [2.24, 2.45) is 5.73 Å². The monoisotopic (exact) mass is 209 g/mol. The van der Waals surface area contributed by atoms with E-state index in [1.165, 1.54) is 0 Å². The molecule has 0 saturated heterocycles. The molecule has 0 unspecified atom stereocenters. The normalized spacial score (nSPS) is 11.1. The Hall–Kier alpha value is -0.990. The highest BCUT2D eigenvalue weighted by atomic mass is 35.5. The first kappa shape index (κ1) is 9.56. The molecule has 2 nitrogen and oxygen atoms in total. The molecule has 0 spiro atoms. The van der Waals surface area contributed by atoms with Crippen molar-refractivity contribution < 1.29 is 4.42 Å². The van der Waals surface area contributed by atoms with Gasteiger partial charge in [0.1, 0.15) is 5.76 Å². The van der Waals surface area contributed by atoms with E-state index in [1.807, 2.05) is 19.9 Å². The van der Waals surface area contributed by atoms with Gasteiger partial charge in [0.05, 0.1) is 11.6 Å². The molecule has 2 aromatic rings. The van der Waals surface area contributed by atoms with Crippen LogP contribution in [0.4, 0.5) is 0 Å². The standard InChI is InChI=1S/C11H12ClNO/c1-6-3-8-7(2)10(5-13)14-11(8)9(12)4-6/h3-4H,5,13H2,1-2H3. The topological polar surface area (TPSA) is 39.2 Å². The van der Waals surface area contributed by atoms with Gasteiger partial charge in [-0.3, -0.25) is 0 Å². The fourth-order valence-electron chi connectivity index (χ4n) is 1.66. The van der Waals surface area contributed by atoms with Gasteiger partial charge in [-0.25, -0.2) is 0 Å². The van der Waals surface area contributed by atoms with E-state index >= 15 is 0 Å². The Kier molecular flexibility index (Phi) is 2.25. The molecule has 2 N–H and O–H groups in total. The molecule has 0 atom stereocenters. The number of benzene rings is 1. The van der Waals surface area contributed by atoms with Crippen LogP contribution in [0.5, 0.6) is 0 Å². The highest BCUT2D eigenvalue weighted by Crippen LogP contribution is 2.31. The quantitative estimate of drug-likeness (QED) is 0.784. The van der Waals surface area contributed by atoms with Crippen molar-refractivity contribution in [2.75, 3.05) is 0 Å². The maximum absolute atomic E-state index is 6.07. The summed E-state index contributed by atoms with van der Waals surface area (Å²) in [6, 6.07) is 3.96. The van der Waals surface area contributed by atoms with E-state index < -0.39 is 0 Å². The summed E-state index contributed by atoms with van der Waals surface area (Å²) in [6.07, 6.45) is 0. The zero-order valence-electron chi connectivity index (χ0n) is 8.23. The lowest BCUT2D eigenvalue weighted by molar-refractivity contribution is 0.548. The maximum Gasteiger partial charge on any atom is 0.153 e. The van der Waals surface area contributed by atoms with Crippen LogP contribution in [-0.2, 0) is 6.54 Å². The number of fused-ring (bicyclic) bond motifs is 1. The van der Waals surface area contributed by atoms with Gasteiger partial charge in [0.15, 0.2) is 5.58 Å². The predicted octanol–water partition coefficient (Wildman–Crippen LogP) is 3.16. The molecule has 0 aliphatic carbocycles. The largest absolute Gasteiger partial charge is 0.458 e. The Morgan fingerprint density at radius 1 is 1.36 bits per heavy atom. The Morgan fingerprint density at radius 3 is 2.71 bits per heavy atom. The number of halogens is 1. The van der Waals surface area contributed by atoms with E-state index in [2.05, 4.69) is 6.07 Å². The van der Waals surface area contributed by atoms with Crippen molar-refractivity contribution in [1.29, 1.82) is 0 Å². The summed E-state index contributed by atoms with van der Waals surface area (Å²) in [6.45, 7) is 4.43. The molecule has 0 radical (unpaired) electrons. The summed E-state index contributed by atoms with van der Waals surface area (Å²) in [7, 11) is 0. The van der Waals surface area contributed by atoms with E-state index in [0.29, 0.717) is 11.6 Å². The highest BCUT2D eigenvalue weighted by Gasteiger charge is 2.11. The first-order valence-electron chi connectivity index (χ1n) is 4.51. The molecule has 0 saturated carbocycles. The number of furan rings is 1. The molecule has 0 bridgehead atoms. The molecule has 1 heterocycles. The molecule has 0 amide bonds. The lowest BCUT2D eigenvalue weighted by atomic mass is 10.1. The van der Waals surface area contributed by atoms with Crippen molar-refractivity contribution in [1.82, 2.24) is 0 Å². The third-order valence-electron chi connectivity index (χ3n) is 2.42. The lowest BCUT2D eigenvalue weighted by Crippen LogP contribution is -1.95. The number of nitrogens with two attached hydrogens (primary N) is 1. The molecule has 74 valence electrons. The summed E-state index contributed by atoms with van der Waals surface area (Å²) in [5.41, 5.74) is 8.54.